The summed E-state index contributed by atoms with van der Waals surface area (Å²) < 4.78 is 65.2. The highest BCUT2D eigenvalue weighted by atomic mass is 16.6. The molecule has 0 N–H and O–H groups in total. The van der Waals surface area contributed by atoms with Crippen LogP contribution in [0.2, 0.25) is 0 Å². The van der Waals surface area contributed by atoms with E-state index in [1.165, 1.54) is 24.3 Å². The maximum absolute atomic E-state index is 12.7. The number of ether oxygens (including phenoxy) is 10. The molecule has 2 unspecified atom stereocenters. The van der Waals surface area contributed by atoms with Gasteiger partial charge in [-0.05, 0) is 128 Å². The lowest BCUT2D eigenvalue weighted by Gasteiger charge is -2.09. The second-order valence-electron chi connectivity index (χ2n) is 14.1. The number of carbonyl (C=O) groups excluding carboxylic acids is 4. The lowest BCUT2D eigenvalue weighted by atomic mass is 10.2. The summed E-state index contributed by atoms with van der Waals surface area (Å²) in [6.45, 7) is 3.68. The first-order valence-electron chi connectivity index (χ1n) is 20.0. The van der Waals surface area contributed by atoms with Crippen molar-refractivity contribution in [2.24, 2.45) is 0 Å². The zero-order chi connectivity index (χ0) is 43.4. The number of carbonyl (C=O) groups is 4. The molecule has 6 aromatic rings. The van der Waals surface area contributed by atoms with Crippen LogP contribution in [0.15, 0.2) is 130 Å². The second-order valence-corrected chi connectivity index (χ2v) is 14.1. The van der Waals surface area contributed by atoms with Crippen molar-refractivity contribution in [2.75, 3.05) is 39.6 Å². The van der Waals surface area contributed by atoms with E-state index in [2.05, 4.69) is 0 Å². The Kier molecular flexibility index (Phi) is 13.7. The number of benzene rings is 4. The minimum absolute atomic E-state index is 0.126. The van der Waals surface area contributed by atoms with Crippen LogP contribution in [0.25, 0.3) is 0 Å². The summed E-state index contributed by atoms with van der Waals surface area (Å²) in [5.41, 5.74) is 0.920. The molecular formula is C47H40O16. The molecule has 0 amide bonds. The Morgan fingerprint density at radius 2 is 0.730 bits per heavy atom. The number of furan rings is 2. The highest BCUT2D eigenvalue weighted by Gasteiger charge is 2.24. The Morgan fingerprint density at radius 1 is 0.413 bits per heavy atom. The van der Waals surface area contributed by atoms with Crippen molar-refractivity contribution >= 4 is 23.9 Å². The average molecular weight is 861 g/mol. The summed E-state index contributed by atoms with van der Waals surface area (Å²) in [7, 11) is 0. The van der Waals surface area contributed by atoms with Crippen molar-refractivity contribution in [3.63, 3.8) is 0 Å². The maximum atomic E-state index is 12.7. The van der Waals surface area contributed by atoms with Crippen LogP contribution < -0.4 is 33.2 Å². The monoisotopic (exact) mass is 860 g/mol. The first-order valence-corrected chi connectivity index (χ1v) is 20.0. The molecule has 2 fully saturated rings. The molecular weight excluding hydrogens is 821 g/mol. The maximum Gasteiger partial charge on any atom is 0.379 e. The molecule has 4 heterocycles. The number of hydrogen-bond acceptors (Lipinski definition) is 16. The van der Waals surface area contributed by atoms with Gasteiger partial charge < -0.3 is 56.2 Å². The number of hydrogen-bond donors (Lipinski definition) is 0. The predicted octanol–water partition coefficient (Wildman–Crippen LogP) is 7.68. The van der Waals surface area contributed by atoms with Crippen LogP contribution in [-0.2, 0) is 20.8 Å². The van der Waals surface area contributed by atoms with Gasteiger partial charge in [0.15, 0.2) is 0 Å². The molecule has 2 aliphatic heterocycles. The topological polar surface area (TPSA) is 193 Å². The molecule has 2 aromatic heterocycles. The van der Waals surface area contributed by atoms with Crippen LogP contribution in [0.3, 0.4) is 0 Å². The van der Waals surface area contributed by atoms with Crippen LogP contribution in [-0.4, -0.2) is 75.7 Å². The highest BCUT2D eigenvalue weighted by Crippen LogP contribution is 2.24. The van der Waals surface area contributed by atoms with Gasteiger partial charge in [-0.1, -0.05) is 12.1 Å². The van der Waals surface area contributed by atoms with E-state index >= 15 is 0 Å². The average Bonchev–Trinajstić information content (AvgIpc) is 4.20. The van der Waals surface area contributed by atoms with Crippen LogP contribution >= 0.6 is 0 Å². The highest BCUT2D eigenvalue weighted by molar-refractivity contribution is 5.93. The van der Waals surface area contributed by atoms with Gasteiger partial charge in [-0.3, -0.25) is 0 Å². The number of unbranched alkanes of at least 4 members (excludes halogenated alkanes) is 1. The summed E-state index contributed by atoms with van der Waals surface area (Å²) in [4.78, 5) is 50.5. The fraction of sp³-hybridized carbons (Fsp3) is 0.234. The van der Waals surface area contributed by atoms with Crippen LogP contribution in [0.5, 0.6) is 40.2 Å². The van der Waals surface area contributed by atoms with E-state index in [4.69, 9.17) is 56.2 Å². The fourth-order valence-corrected chi connectivity index (χ4v) is 5.62. The molecule has 63 heavy (non-hydrogen) atoms. The van der Waals surface area contributed by atoms with E-state index in [9.17, 15) is 19.2 Å². The van der Waals surface area contributed by atoms with E-state index in [-0.39, 0.29) is 52.5 Å². The van der Waals surface area contributed by atoms with Crippen molar-refractivity contribution in [1.29, 1.82) is 0 Å². The van der Waals surface area contributed by atoms with Crippen molar-refractivity contribution in [3.8, 4) is 40.2 Å². The van der Waals surface area contributed by atoms with Crippen LogP contribution in [0.4, 0.5) is 0 Å². The predicted molar refractivity (Wildman–Crippen MR) is 218 cm³/mol. The van der Waals surface area contributed by atoms with Crippen molar-refractivity contribution < 1.29 is 75.4 Å². The quantitative estimate of drug-likeness (QED) is 0.0279. The summed E-state index contributed by atoms with van der Waals surface area (Å²) >= 11 is 0. The molecule has 0 radical (unpaired) electrons. The number of rotatable bonds is 22. The van der Waals surface area contributed by atoms with Crippen molar-refractivity contribution in [3.05, 3.63) is 150 Å². The minimum Gasteiger partial charge on any atom is -0.494 e. The van der Waals surface area contributed by atoms with Gasteiger partial charge in [0.25, 0.3) is 0 Å². The Morgan fingerprint density at radius 3 is 1.10 bits per heavy atom. The van der Waals surface area contributed by atoms with Gasteiger partial charge in [0.2, 0.25) is 23.0 Å². The van der Waals surface area contributed by atoms with E-state index < -0.39 is 23.9 Å². The van der Waals surface area contributed by atoms with Gasteiger partial charge in [-0.25, -0.2) is 19.2 Å². The standard InChI is InChI=1S/C47H40O16/c48-44(58-34-5-3-30(4-6-34)25-52-26-38-27-56-38)40-19-20-41(62-40)45(49)59-35-13-7-31(8-14-35)53-23-1-2-24-54-32-9-15-36(16-10-32)60-46(50)42-21-22-43(63-42)47(51)61-37-17-11-33(12-18-37)55-28-39-29-57-39/h3-22,38-39H,1-2,23-29H2. The van der Waals surface area contributed by atoms with Gasteiger partial charge in [0.1, 0.15) is 59.1 Å². The molecule has 8 rings (SSSR count). The second kappa shape index (κ2) is 20.4. The van der Waals surface area contributed by atoms with Crippen molar-refractivity contribution in [2.45, 2.75) is 31.7 Å². The summed E-state index contributed by atoms with van der Waals surface area (Å²) in [6.07, 6.45) is 1.70. The number of epoxide rings is 2. The fourth-order valence-electron chi connectivity index (χ4n) is 5.62. The molecule has 0 saturated carbocycles. The largest absolute Gasteiger partial charge is 0.494 e. The van der Waals surface area contributed by atoms with E-state index in [1.54, 1.807) is 97.1 Å². The van der Waals surface area contributed by atoms with Crippen LogP contribution in [0, 0.1) is 0 Å². The summed E-state index contributed by atoms with van der Waals surface area (Å²) in [5.74, 6) is -0.873. The summed E-state index contributed by atoms with van der Waals surface area (Å²) in [6, 6.07) is 31.7. The third-order valence-corrected chi connectivity index (χ3v) is 9.14. The third kappa shape index (κ3) is 12.8. The molecule has 2 saturated heterocycles. The molecule has 2 atom stereocenters. The zero-order valence-corrected chi connectivity index (χ0v) is 33.6. The molecule has 16 heteroatoms. The van der Waals surface area contributed by atoms with Gasteiger partial charge in [0, 0.05) is 0 Å². The lowest BCUT2D eigenvalue weighted by molar-refractivity contribution is 0.0653. The zero-order valence-electron chi connectivity index (χ0n) is 33.6. The first kappa shape index (κ1) is 42.3. The Bertz CT molecular complexity index is 2460. The Labute approximate surface area is 360 Å². The molecule has 16 nitrogen and oxygen atoms in total. The minimum atomic E-state index is -0.788. The van der Waals surface area contributed by atoms with E-state index in [0.717, 1.165) is 12.2 Å². The van der Waals surface area contributed by atoms with Gasteiger partial charge >= 0.3 is 23.9 Å². The first-order chi connectivity index (χ1) is 30.8. The Hall–Kier alpha value is -7.40. The molecule has 0 bridgehead atoms. The van der Waals surface area contributed by atoms with Gasteiger partial charge in [0.05, 0.1) is 39.6 Å². The van der Waals surface area contributed by atoms with Gasteiger partial charge in [-0.2, -0.15) is 0 Å². The molecule has 0 spiro atoms. The Balaban J connectivity index is 0.687. The van der Waals surface area contributed by atoms with E-state index in [1.807, 2.05) is 0 Å². The lowest BCUT2D eigenvalue weighted by Crippen LogP contribution is -2.09. The third-order valence-electron chi connectivity index (χ3n) is 9.14. The SMILES string of the molecule is O=C(Oc1ccc(COCC2CO2)cc1)c1ccc(C(=O)Oc2ccc(OCCCCOc3ccc(OC(=O)c4ccc(C(=O)Oc5ccc(OCC6CO6)cc5)o4)cc3)cc2)o1. The van der Waals surface area contributed by atoms with E-state index in [0.29, 0.717) is 75.5 Å². The summed E-state index contributed by atoms with van der Waals surface area (Å²) in [5, 5.41) is 0. The number of esters is 4. The molecule has 0 aliphatic carbocycles. The smallest absolute Gasteiger partial charge is 0.379 e. The van der Waals surface area contributed by atoms with Crippen LogP contribution in [0.1, 0.15) is 60.6 Å². The molecule has 324 valence electrons. The molecule has 2 aliphatic rings. The van der Waals surface area contributed by atoms with Gasteiger partial charge in [-0.15, -0.1) is 0 Å². The van der Waals surface area contributed by atoms with Crippen molar-refractivity contribution in [1.82, 2.24) is 0 Å². The normalized spacial score (nSPS) is 14.9. The molecule has 4 aromatic carbocycles.